The Labute approximate surface area is 115 Å². The predicted molar refractivity (Wildman–Crippen MR) is 71.1 cm³/mol. The summed E-state index contributed by atoms with van der Waals surface area (Å²) in [7, 11) is 0. The topological polar surface area (TPSA) is 109 Å². The Morgan fingerprint density at radius 3 is 2.95 bits per heavy atom. The van der Waals surface area contributed by atoms with Crippen LogP contribution >= 0.6 is 0 Å². The van der Waals surface area contributed by atoms with Gasteiger partial charge in [-0.05, 0) is 29.8 Å². The summed E-state index contributed by atoms with van der Waals surface area (Å²) in [4.78, 5) is 15.0. The zero-order valence-electron chi connectivity index (χ0n) is 10.4. The molecule has 0 radical (unpaired) electrons. The second-order valence-corrected chi connectivity index (χ2v) is 3.98. The van der Waals surface area contributed by atoms with Crippen LogP contribution in [-0.4, -0.2) is 16.1 Å². The number of benzene rings is 1. The van der Waals surface area contributed by atoms with E-state index in [1.165, 1.54) is 18.3 Å². The van der Waals surface area contributed by atoms with Crippen LogP contribution in [0.25, 0.3) is 0 Å². The number of carboxylic acid groups (broad SMARTS) is 1. The first-order valence-electron chi connectivity index (χ1n) is 5.71. The van der Waals surface area contributed by atoms with Crippen molar-refractivity contribution in [2.75, 3.05) is 5.73 Å². The van der Waals surface area contributed by atoms with E-state index in [-0.39, 0.29) is 29.3 Å². The van der Waals surface area contributed by atoms with Crippen molar-refractivity contribution < 1.29 is 14.6 Å². The van der Waals surface area contributed by atoms with E-state index in [1.807, 2.05) is 6.07 Å². The van der Waals surface area contributed by atoms with Gasteiger partial charge in [0.2, 0.25) is 0 Å². The summed E-state index contributed by atoms with van der Waals surface area (Å²) in [6, 6.07) is 9.83. The van der Waals surface area contributed by atoms with Gasteiger partial charge in [0.05, 0.1) is 0 Å². The van der Waals surface area contributed by atoms with E-state index in [0.29, 0.717) is 0 Å². The Balaban J connectivity index is 2.21. The highest BCUT2D eigenvalue weighted by Crippen LogP contribution is 2.25. The molecule has 0 atom stereocenters. The van der Waals surface area contributed by atoms with Crippen LogP contribution in [0.2, 0.25) is 0 Å². The maximum Gasteiger partial charge on any atom is 0.341 e. The van der Waals surface area contributed by atoms with Crippen molar-refractivity contribution in [3.8, 4) is 11.8 Å². The third-order valence-corrected chi connectivity index (χ3v) is 2.61. The lowest BCUT2D eigenvalue weighted by Gasteiger charge is -2.10. The Kier molecular flexibility index (Phi) is 3.82. The SMILES string of the molecule is N#Cc1cc(COc2cccc(N)c2C(=O)O)ccn1. The van der Waals surface area contributed by atoms with Crippen LogP contribution in [0, 0.1) is 11.3 Å². The van der Waals surface area contributed by atoms with Gasteiger partial charge in [0.15, 0.2) is 0 Å². The van der Waals surface area contributed by atoms with Gasteiger partial charge in [0.1, 0.15) is 29.7 Å². The molecule has 0 aliphatic heterocycles. The van der Waals surface area contributed by atoms with Crippen molar-refractivity contribution in [3.63, 3.8) is 0 Å². The molecule has 2 rings (SSSR count). The maximum atomic E-state index is 11.1. The molecule has 6 heteroatoms. The second-order valence-electron chi connectivity index (χ2n) is 3.98. The molecule has 100 valence electrons. The number of pyridine rings is 1. The van der Waals surface area contributed by atoms with Gasteiger partial charge >= 0.3 is 5.97 Å². The first kappa shape index (κ1) is 13.4. The van der Waals surface area contributed by atoms with Crippen LogP contribution in [0.1, 0.15) is 21.6 Å². The van der Waals surface area contributed by atoms with Crippen molar-refractivity contribution in [3.05, 3.63) is 53.3 Å². The largest absolute Gasteiger partial charge is 0.488 e. The average Bonchev–Trinajstić information content (AvgIpc) is 2.45. The summed E-state index contributed by atoms with van der Waals surface area (Å²) in [5.74, 6) is -0.960. The number of hydrogen-bond acceptors (Lipinski definition) is 5. The van der Waals surface area contributed by atoms with Gasteiger partial charge in [-0.1, -0.05) is 6.07 Å². The predicted octanol–water partition coefficient (Wildman–Crippen LogP) is 1.81. The minimum absolute atomic E-state index is 0.0675. The second kappa shape index (κ2) is 5.71. The Morgan fingerprint density at radius 1 is 1.45 bits per heavy atom. The van der Waals surface area contributed by atoms with Crippen molar-refractivity contribution in [1.82, 2.24) is 4.98 Å². The maximum absolute atomic E-state index is 11.1. The summed E-state index contributed by atoms with van der Waals surface area (Å²) in [5, 5.41) is 17.9. The molecule has 0 amide bonds. The molecule has 6 nitrogen and oxygen atoms in total. The van der Waals surface area contributed by atoms with Crippen LogP contribution in [-0.2, 0) is 6.61 Å². The Bertz CT molecular complexity index is 692. The minimum Gasteiger partial charge on any atom is -0.488 e. The number of rotatable bonds is 4. The number of nitrogens with two attached hydrogens (primary N) is 1. The number of aromatic nitrogens is 1. The molecule has 0 fully saturated rings. The normalized spacial score (nSPS) is 9.75. The number of anilines is 1. The van der Waals surface area contributed by atoms with Gasteiger partial charge in [-0.2, -0.15) is 5.26 Å². The number of aromatic carboxylic acids is 1. The van der Waals surface area contributed by atoms with Crippen molar-refractivity contribution >= 4 is 11.7 Å². The summed E-state index contributed by atoms with van der Waals surface area (Å²) in [6.07, 6.45) is 1.49. The molecular weight excluding hydrogens is 258 g/mol. The lowest BCUT2D eigenvalue weighted by atomic mass is 10.1. The van der Waals surface area contributed by atoms with Gasteiger partial charge in [-0.15, -0.1) is 0 Å². The molecule has 0 aliphatic carbocycles. The third kappa shape index (κ3) is 2.84. The molecule has 1 aromatic heterocycles. The molecule has 0 saturated carbocycles. The summed E-state index contributed by atoms with van der Waals surface area (Å²) in [5.41, 5.74) is 6.69. The van der Waals surface area contributed by atoms with Gasteiger partial charge in [-0.25, -0.2) is 9.78 Å². The Morgan fingerprint density at radius 2 is 2.25 bits per heavy atom. The van der Waals surface area contributed by atoms with Crippen LogP contribution < -0.4 is 10.5 Å². The molecule has 0 spiro atoms. The molecule has 20 heavy (non-hydrogen) atoms. The summed E-state index contributed by atoms with van der Waals surface area (Å²) >= 11 is 0. The number of ether oxygens (including phenoxy) is 1. The Hall–Kier alpha value is -3.07. The van der Waals surface area contributed by atoms with Crippen LogP contribution in [0.5, 0.6) is 5.75 Å². The quantitative estimate of drug-likeness (QED) is 0.819. The van der Waals surface area contributed by atoms with Crippen molar-refractivity contribution in [2.24, 2.45) is 0 Å². The van der Waals surface area contributed by atoms with Crippen LogP contribution in [0.15, 0.2) is 36.5 Å². The highest BCUT2D eigenvalue weighted by atomic mass is 16.5. The number of hydrogen-bond donors (Lipinski definition) is 2. The first-order valence-corrected chi connectivity index (χ1v) is 5.71. The van der Waals surface area contributed by atoms with Crippen molar-refractivity contribution in [2.45, 2.75) is 6.61 Å². The number of nitriles is 1. The molecule has 1 heterocycles. The molecule has 3 N–H and O–H groups in total. The monoisotopic (exact) mass is 269 g/mol. The van der Waals surface area contributed by atoms with E-state index >= 15 is 0 Å². The lowest BCUT2D eigenvalue weighted by Crippen LogP contribution is -2.07. The molecule has 0 unspecified atom stereocenters. The van der Waals surface area contributed by atoms with Crippen molar-refractivity contribution in [1.29, 1.82) is 5.26 Å². The number of nitrogen functional groups attached to an aromatic ring is 1. The molecule has 0 saturated heterocycles. The fraction of sp³-hybridized carbons (Fsp3) is 0.0714. The minimum atomic E-state index is -1.15. The van der Waals surface area contributed by atoms with Crippen LogP contribution in [0.4, 0.5) is 5.69 Å². The third-order valence-electron chi connectivity index (χ3n) is 2.61. The summed E-state index contributed by atoms with van der Waals surface area (Å²) < 4.78 is 5.47. The van der Waals surface area contributed by atoms with E-state index in [9.17, 15) is 4.79 Å². The van der Waals surface area contributed by atoms with Gasteiger partial charge in [-0.3, -0.25) is 0 Å². The molecular formula is C14H11N3O3. The van der Waals surface area contributed by atoms with E-state index in [1.54, 1.807) is 18.2 Å². The number of carbonyl (C=O) groups is 1. The molecule has 2 aromatic rings. The standard InChI is InChI=1S/C14H11N3O3/c15-7-10-6-9(4-5-17-10)8-20-12-3-1-2-11(16)13(12)14(18)19/h1-6H,8,16H2,(H,18,19). The van der Waals surface area contributed by atoms with E-state index < -0.39 is 5.97 Å². The first-order chi connectivity index (χ1) is 9.61. The van der Waals surface area contributed by atoms with E-state index in [0.717, 1.165) is 5.56 Å². The zero-order valence-corrected chi connectivity index (χ0v) is 10.4. The zero-order chi connectivity index (χ0) is 14.5. The average molecular weight is 269 g/mol. The highest BCUT2D eigenvalue weighted by Gasteiger charge is 2.14. The number of carboxylic acids is 1. The van der Waals surface area contributed by atoms with E-state index in [2.05, 4.69) is 4.98 Å². The number of nitrogens with zero attached hydrogens (tertiary/aromatic N) is 2. The van der Waals surface area contributed by atoms with Crippen LogP contribution in [0.3, 0.4) is 0 Å². The molecule has 0 aliphatic rings. The van der Waals surface area contributed by atoms with E-state index in [4.69, 9.17) is 20.8 Å². The van der Waals surface area contributed by atoms with Gasteiger partial charge in [0.25, 0.3) is 0 Å². The van der Waals surface area contributed by atoms with Gasteiger partial charge < -0.3 is 15.6 Å². The molecule has 0 bridgehead atoms. The lowest BCUT2D eigenvalue weighted by molar-refractivity contribution is 0.0693. The fourth-order valence-corrected chi connectivity index (χ4v) is 1.68. The summed E-state index contributed by atoms with van der Waals surface area (Å²) in [6.45, 7) is 0.126. The smallest absolute Gasteiger partial charge is 0.341 e. The molecule has 1 aromatic carbocycles. The van der Waals surface area contributed by atoms with Gasteiger partial charge in [0, 0.05) is 11.9 Å². The fourth-order valence-electron chi connectivity index (χ4n) is 1.68. The highest BCUT2D eigenvalue weighted by molar-refractivity contribution is 5.96.